The Hall–Kier alpha value is -1.06. The molecule has 1 amide bonds. The molecule has 0 atom stereocenters. The van der Waals surface area contributed by atoms with Crippen molar-refractivity contribution < 1.29 is 4.79 Å². The number of nitrogens with one attached hydrogen (secondary N) is 1. The average Bonchev–Trinajstić information content (AvgIpc) is 2.46. The first-order chi connectivity index (χ1) is 8.81. The molecule has 1 aromatic rings. The van der Waals surface area contributed by atoms with Gasteiger partial charge in [-0.3, -0.25) is 4.79 Å². The lowest BCUT2D eigenvalue weighted by molar-refractivity contribution is -0.132. The van der Waals surface area contributed by atoms with Gasteiger partial charge in [0.1, 0.15) is 0 Å². The van der Waals surface area contributed by atoms with E-state index in [-0.39, 0.29) is 18.3 Å². The second-order valence-corrected chi connectivity index (χ2v) is 4.92. The van der Waals surface area contributed by atoms with Crippen LogP contribution < -0.4 is 5.32 Å². The summed E-state index contributed by atoms with van der Waals surface area (Å²) in [5.74, 6) is 0.912. The summed E-state index contributed by atoms with van der Waals surface area (Å²) in [7, 11) is 1.88. The maximum absolute atomic E-state index is 11.9. The molecule has 0 aromatic heterocycles. The predicted octanol–water partition coefficient (Wildman–Crippen LogP) is 2.42. The van der Waals surface area contributed by atoms with Crippen molar-refractivity contribution in [2.45, 2.75) is 25.2 Å². The molecule has 0 radical (unpaired) electrons. The summed E-state index contributed by atoms with van der Waals surface area (Å²) in [5.41, 5.74) is 1.42. The monoisotopic (exact) mass is 282 g/mol. The zero-order valence-electron chi connectivity index (χ0n) is 11.5. The van der Waals surface area contributed by atoms with E-state index in [1.54, 1.807) is 0 Å². The average molecular weight is 283 g/mol. The van der Waals surface area contributed by atoms with Gasteiger partial charge in [0.25, 0.3) is 0 Å². The van der Waals surface area contributed by atoms with E-state index in [9.17, 15) is 4.79 Å². The second kappa shape index (κ2) is 8.18. The van der Waals surface area contributed by atoms with Crippen molar-refractivity contribution >= 4 is 18.3 Å². The molecule has 1 aliphatic heterocycles. The number of halogens is 1. The number of amides is 1. The van der Waals surface area contributed by atoms with Crippen molar-refractivity contribution in [3.8, 4) is 0 Å². The third kappa shape index (κ3) is 4.51. The molecule has 106 valence electrons. The van der Waals surface area contributed by atoms with Crippen LogP contribution in [-0.4, -0.2) is 37.5 Å². The maximum atomic E-state index is 11.9. The summed E-state index contributed by atoms with van der Waals surface area (Å²) in [6.45, 7) is 2.58. The minimum atomic E-state index is 0. The minimum absolute atomic E-state index is 0. The topological polar surface area (TPSA) is 32.3 Å². The maximum Gasteiger partial charge on any atom is 0.223 e. The fraction of sp³-hybridized carbons (Fsp3) is 0.533. The summed E-state index contributed by atoms with van der Waals surface area (Å²) in [6, 6.07) is 10.6. The van der Waals surface area contributed by atoms with E-state index in [1.165, 1.54) is 5.56 Å². The summed E-state index contributed by atoms with van der Waals surface area (Å²) in [4.78, 5) is 13.9. The molecule has 0 spiro atoms. The molecule has 0 unspecified atom stereocenters. The van der Waals surface area contributed by atoms with Crippen molar-refractivity contribution in [2.24, 2.45) is 0 Å². The summed E-state index contributed by atoms with van der Waals surface area (Å²) >= 11 is 0. The molecule has 1 N–H and O–H groups in total. The van der Waals surface area contributed by atoms with Gasteiger partial charge in [-0.25, -0.2) is 0 Å². The number of nitrogens with zero attached hydrogens (tertiary/aromatic N) is 1. The van der Waals surface area contributed by atoms with E-state index in [0.29, 0.717) is 12.3 Å². The lowest BCUT2D eigenvalue weighted by Crippen LogP contribution is -2.38. The van der Waals surface area contributed by atoms with Gasteiger partial charge in [-0.1, -0.05) is 30.3 Å². The summed E-state index contributed by atoms with van der Waals surface area (Å²) in [5, 5.41) is 3.02. The Bertz CT molecular complexity index is 375. The van der Waals surface area contributed by atoms with Gasteiger partial charge in [-0.15, -0.1) is 12.4 Å². The fourth-order valence-electron chi connectivity index (χ4n) is 2.58. The van der Waals surface area contributed by atoms with Gasteiger partial charge in [0.05, 0.1) is 0 Å². The number of hydrogen-bond acceptors (Lipinski definition) is 2. The standard InChI is InChI=1S/C15H22N2O.ClH/c1-16-10-7-15(18)17-11-8-14(9-12-17)13-5-3-2-4-6-13;/h2-6,14,16H,7-12H2,1H3;1H. The van der Waals surface area contributed by atoms with Crippen molar-refractivity contribution in [1.82, 2.24) is 10.2 Å². The van der Waals surface area contributed by atoms with Crippen LogP contribution in [0.25, 0.3) is 0 Å². The van der Waals surface area contributed by atoms with E-state index in [1.807, 2.05) is 11.9 Å². The number of benzene rings is 1. The molecule has 0 bridgehead atoms. The Morgan fingerprint density at radius 3 is 2.47 bits per heavy atom. The summed E-state index contributed by atoms with van der Waals surface area (Å²) < 4.78 is 0. The number of rotatable bonds is 4. The molecule has 1 aliphatic rings. The van der Waals surface area contributed by atoms with Crippen LogP contribution in [0.3, 0.4) is 0 Å². The molecule has 2 rings (SSSR count). The van der Waals surface area contributed by atoms with Gasteiger partial charge < -0.3 is 10.2 Å². The van der Waals surface area contributed by atoms with E-state index < -0.39 is 0 Å². The van der Waals surface area contributed by atoms with Gasteiger partial charge in [-0.2, -0.15) is 0 Å². The third-order valence-electron chi connectivity index (χ3n) is 3.71. The fourth-order valence-corrected chi connectivity index (χ4v) is 2.58. The third-order valence-corrected chi connectivity index (χ3v) is 3.71. The molecular weight excluding hydrogens is 260 g/mol. The van der Waals surface area contributed by atoms with Gasteiger partial charge in [0.15, 0.2) is 0 Å². The highest BCUT2D eigenvalue weighted by molar-refractivity contribution is 5.85. The number of piperidine rings is 1. The van der Waals surface area contributed by atoms with Crippen LogP contribution in [0.1, 0.15) is 30.7 Å². The molecule has 3 nitrogen and oxygen atoms in total. The van der Waals surface area contributed by atoms with Crippen LogP contribution in [-0.2, 0) is 4.79 Å². The smallest absolute Gasteiger partial charge is 0.223 e. The normalized spacial score (nSPS) is 15.9. The van der Waals surface area contributed by atoms with Gasteiger partial charge in [0, 0.05) is 26.1 Å². The van der Waals surface area contributed by atoms with Crippen LogP contribution >= 0.6 is 12.4 Å². The van der Waals surface area contributed by atoms with Gasteiger partial charge >= 0.3 is 0 Å². The highest BCUT2D eigenvalue weighted by atomic mass is 35.5. The lowest BCUT2D eigenvalue weighted by Gasteiger charge is -2.32. The van der Waals surface area contributed by atoms with Crippen molar-refractivity contribution in [3.63, 3.8) is 0 Å². The first kappa shape index (κ1) is 16.0. The molecule has 1 fully saturated rings. The molecule has 4 heteroatoms. The predicted molar refractivity (Wildman–Crippen MR) is 80.8 cm³/mol. The van der Waals surface area contributed by atoms with E-state index >= 15 is 0 Å². The van der Waals surface area contributed by atoms with Crippen molar-refractivity contribution in [3.05, 3.63) is 35.9 Å². The molecule has 1 heterocycles. The van der Waals surface area contributed by atoms with E-state index in [4.69, 9.17) is 0 Å². The van der Waals surface area contributed by atoms with Crippen molar-refractivity contribution in [2.75, 3.05) is 26.7 Å². The van der Waals surface area contributed by atoms with Gasteiger partial charge in [-0.05, 0) is 31.4 Å². The van der Waals surface area contributed by atoms with Crippen LogP contribution in [0.2, 0.25) is 0 Å². The van der Waals surface area contributed by atoms with Crippen molar-refractivity contribution in [1.29, 1.82) is 0 Å². The summed E-state index contributed by atoms with van der Waals surface area (Å²) in [6.07, 6.45) is 2.80. The van der Waals surface area contributed by atoms with Crippen LogP contribution in [0.15, 0.2) is 30.3 Å². The largest absolute Gasteiger partial charge is 0.343 e. The minimum Gasteiger partial charge on any atom is -0.343 e. The SMILES string of the molecule is CNCCC(=O)N1CCC(c2ccccc2)CC1.Cl. The van der Waals surface area contributed by atoms with Crippen LogP contribution in [0.4, 0.5) is 0 Å². The molecular formula is C15H23ClN2O. The molecule has 1 aromatic carbocycles. The quantitative estimate of drug-likeness (QED) is 0.920. The Morgan fingerprint density at radius 2 is 1.89 bits per heavy atom. The first-order valence-corrected chi connectivity index (χ1v) is 6.78. The Labute approximate surface area is 121 Å². The second-order valence-electron chi connectivity index (χ2n) is 4.92. The molecule has 0 saturated carbocycles. The molecule has 19 heavy (non-hydrogen) atoms. The van der Waals surface area contributed by atoms with E-state index in [2.05, 4.69) is 35.6 Å². The highest BCUT2D eigenvalue weighted by Crippen LogP contribution is 2.27. The number of hydrogen-bond donors (Lipinski definition) is 1. The van der Waals surface area contributed by atoms with Crippen LogP contribution in [0.5, 0.6) is 0 Å². The number of carbonyl (C=O) groups excluding carboxylic acids is 1. The lowest BCUT2D eigenvalue weighted by atomic mass is 9.89. The van der Waals surface area contributed by atoms with Crippen LogP contribution in [0, 0.1) is 0 Å². The zero-order chi connectivity index (χ0) is 12.8. The van der Waals surface area contributed by atoms with E-state index in [0.717, 1.165) is 32.5 Å². The number of carbonyl (C=O) groups is 1. The molecule has 0 aliphatic carbocycles. The molecule has 1 saturated heterocycles. The Balaban J connectivity index is 0.00000180. The zero-order valence-corrected chi connectivity index (χ0v) is 12.3. The Morgan fingerprint density at radius 1 is 1.26 bits per heavy atom. The Kier molecular flexibility index (Phi) is 6.89. The van der Waals surface area contributed by atoms with Gasteiger partial charge in [0.2, 0.25) is 5.91 Å². The highest BCUT2D eigenvalue weighted by Gasteiger charge is 2.22. The number of likely N-dealkylation sites (tertiary alicyclic amines) is 1. The first-order valence-electron chi connectivity index (χ1n) is 6.78.